The molecule has 0 saturated carbocycles. The molecule has 0 bridgehead atoms. The molecule has 0 radical (unpaired) electrons. The molecule has 27 heavy (non-hydrogen) atoms. The van der Waals surface area contributed by atoms with Crippen LogP contribution in [0.2, 0.25) is 0 Å². The van der Waals surface area contributed by atoms with Crippen LogP contribution in [0.1, 0.15) is 35.9 Å². The second-order valence-electron chi connectivity index (χ2n) is 7.09. The fourth-order valence-electron chi connectivity index (χ4n) is 3.57. The van der Waals surface area contributed by atoms with Gasteiger partial charge >= 0.3 is 0 Å². The quantitative estimate of drug-likeness (QED) is 0.748. The highest BCUT2D eigenvalue weighted by Crippen LogP contribution is 2.22. The van der Waals surface area contributed by atoms with E-state index < -0.39 is 0 Å². The van der Waals surface area contributed by atoms with E-state index in [1.54, 1.807) is 24.4 Å². The number of carbonyl (C=O) groups excluding carboxylic acids is 1. The number of rotatable bonds is 7. The third-order valence-electron chi connectivity index (χ3n) is 5.16. The first kappa shape index (κ1) is 19.4. The predicted octanol–water partition coefficient (Wildman–Crippen LogP) is 2.34. The Hall–Kier alpha value is -2.41. The van der Waals surface area contributed by atoms with E-state index in [-0.39, 0.29) is 5.91 Å². The van der Waals surface area contributed by atoms with Gasteiger partial charge in [0.2, 0.25) is 0 Å². The van der Waals surface area contributed by atoms with E-state index in [9.17, 15) is 4.79 Å². The van der Waals surface area contributed by atoms with Gasteiger partial charge in [0, 0.05) is 52.4 Å². The Morgan fingerprint density at radius 1 is 1.37 bits per heavy atom. The highest BCUT2D eigenvalue weighted by Gasteiger charge is 2.22. The number of methoxy groups -OCH3 is 1. The van der Waals surface area contributed by atoms with Gasteiger partial charge in [-0.3, -0.25) is 4.79 Å². The number of hydrogen-bond donors (Lipinski definition) is 0. The molecule has 1 atom stereocenters. The third kappa shape index (κ3) is 4.66. The molecule has 1 aliphatic rings. The zero-order valence-electron chi connectivity index (χ0n) is 16.5. The molecule has 2 aromatic heterocycles. The van der Waals surface area contributed by atoms with E-state index in [2.05, 4.69) is 14.9 Å². The molecular formula is C20H29N5O2. The van der Waals surface area contributed by atoms with Crippen molar-refractivity contribution in [2.45, 2.75) is 26.3 Å². The number of imidazole rings is 1. The molecule has 0 spiro atoms. The van der Waals surface area contributed by atoms with Crippen molar-refractivity contribution in [3.63, 3.8) is 0 Å². The molecule has 1 amide bonds. The molecule has 3 rings (SSSR count). The minimum Gasteiger partial charge on any atom is -0.384 e. The van der Waals surface area contributed by atoms with Gasteiger partial charge in [0.05, 0.1) is 18.7 Å². The predicted molar refractivity (Wildman–Crippen MR) is 105 cm³/mol. The van der Waals surface area contributed by atoms with Crippen LogP contribution < -0.4 is 4.90 Å². The Bertz CT molecular complexity index is 741. The van der Waals surface area contributed by atoms with Crippen molar-refractivity contribution >= 4 is 11.7 Å². The standard InChI is InChI=1S/C20H29N5O2/c1-4-24(14-19-21-9-11-23(19)2)20(26)17-7-8-18(22-12-17)25-10-5-6-16(13-25)15-27-3/h7-9,11-12,16H,4-6,10,13-15H2,1-3H3/t16-/m0/s1. The molecular weight excluding hydrogens is 342 g/mol. The average molecular weight is 371 g/mol. The van der Waals surface area contributed by atoms with E-state index in [0.29, 0.717) is 24.6 Å². The largest absolute Gasteiger partial charge is 0.384 e. The van der Waals surface area contributed by atoms with Gasteiger partial charge in [-0.1, -0.05) is 0 Å². The first-order chi connectivity index (χ1) is 13.1. The van der Waals surface area contributed by atoms with Crippen molar-refractivity contribution in [1.29, 1.82) is 0 Å². The number of piperidine rings is 1. The van der Waals surface area contributed by atoms with E-state index in [4.69, 9.17) is 4.74 Å². The van der Waals surface area contributed by atoms with Crippen LogP contribution in [-0.2, 0) is 18.3 Å². The zero-order chi connectivity index (χ0) is 19.2. The molecule has 1 saturated heterocycles. The molecule has 0 unspecified atom stereocenters. The van der Waals surface area contributed by atoms with Crippen molar-refractivity contribution in [2.24, 2.45) is 13.0 Å². The normalized spacial score (nSPS) is 17.1. The molecule has 1 fully saturated rings. The number of aryl methyl sites for hydroxylation is 1. The Kier molecular flexibility index (Phi) is 6.45. The van der Waals surface area contributed by atoms with Crippen molar-refractivity contribution < 1.29 is 9.53 Å². The Morgan fingerprint density at radius 2 is 2.22 bits per heavy atom. The summed E-state index contributed by atoms with van der Waals surface area (Å²) in [5, 5.41) is 0. The number of amides is 1. The van der Waals surface area contributed by atoms with Gasteiger partial charge in [-0.2, -0.15) is 0 Å². The van der Waals surface area contributed by atoms with Crippen LogP contribution in [-0.4, -0.2) is 58.7 Å². The van der Waals surface area contributed by atoms with Crippen LogP contribution in [0.25, 0.3) is 0 Å². The van der Waals surface area contributed by atoms with Gasteiger partial charge in [0.1, 0.15) is 11.6 Å². The molecule has 7 heteroatoms. The van der Waals surface area contributed by atoms with Gasteiger partial charge in [0.25, 0.3) is 5.91 Å². The zero-order valence-corrected chi connectivity index (χ0v) is 16.5. The number of carbonyl (C=O) groups is 1. The number of nitrogens with zero attached hydrogens (tertiary/aromatic N) is 5. The number of aromatic nitrogens is 3. The number of anilines is 1. The lowest BCUT2D eigenvalue weighted by Crippen LogP contribution is -2.37. The summed E-state index contributed by atoms with van der Waals surface area (Å²) in [6, 6.07) is 3.84. The Balaban J connectivity index is 1.66. The summed E-state index contributed by atoms with van der Waals surface area (Å²) in [6.45, 7) is 5.83. The monoisotopic (exact) mass is 371 g/mol. The molecule has 0 aromatic carbocycles. The van der Waals surface area contributed by atoms with E-state index in [0.717, 1.165) is 37.8 Å². The maximum Gasteiger partial charge on any atom is 0.255 e. The molecule has 2 aromatic rings. The highest BCUT2D eigenvalue weighted by atomic mass is 16.5. The average Bonchev–Trinajstić information content (AvgIpc) is 3.11. The van der Waals surface area contributed by atoms with Crippen LogP contribution in [0.3, 0.4) is 0 Å². The SMILES string of the molecule is CCN(Cc1nccn1C)C(=O)c1ccc(N2CCC[C@H](COC)C2)nc1. The van der Waals surface area contributed by atoms with Crippen LogP contribution in [0.15, 0.2) is 30.7 Å². The van der Waals surface area contributed by atoms with Crippen molar-refractivity contribution in [3.8, 4) is 0 Å². The third-order valence-corrected chi connectivity index (χ3v) is 5.16. The summed E-state index contributed by atoms with van der Waals surface area (Å²) < 4.78 is 7.24. The summed E-state index contributed by atoms with van der Waals surface area (Å²) in [5.74, 6) is 2.32. The van der Waals surface area contributed by atoms with Gasteiger partial charge in [-0.15, -0.1) is 0 Å². The van der Waals surface area contributed by atoms with Gasteiger partial charge in [0.15, 0.2) is 0 Å². The molecule has 0 N–H and O–H groups in total. The summed E-state index contributed by atoms with van der Waals surface area (Å²) in [7, 11) is 3.69. The highest BCUT2D eigenvalue weighted by molar-refractivity contribution is 5.94. The van der Waals surface area contributed by atoms with Crippen molar-refractivity contribution in [1.82, 2.24) is 19.4 Å². The maximum atomic E-state index is 12.9. The first-order valence-electron chi connectivity index (χ1n) is 9.57. The maximum absolute atomic E-state index is 12.9. The van der Waals surface area contributed by atoms with E-state index in [1.165, 1.54) is 6.42 Å². The van der Waals surface area contributed by atoms with Crippen LogP contribution >= 0.6 is 0 Å². The second-order valence-corrected chi connectivity index (χ2v) is 7.09. The van der Waals surface area contributed by atoms with Crippen LogP contribution in [0.4, 0.5) is 5.82 Å². The van der Waals surface area contributed by atoms with Gasteiger partial charge < -0.3 is 19.1 Å². The summed E-state index contributed by atoms with van der Waals surface area (Å²) in [5.41, 5.74) is 0.611. The number of pyridine rings is 1. The molecule has 1 aliphatic heterocycles. The lowest BCUT2D eigenvalue weighted by molar-refractivity contribution is 0.0747. The van der Waals surface area contributed by atoms with Gasteiger partial charge in [-0.05, 0) is 37.8 Å². The molecule has 3 heterocycles. The fourth-order valence-corrected chi connectivity index (χ4v) is 3.57. The minimum atomic E-state index is -0.0181. The van der Waals surface area contributed by atoms with Crippen molar-refractivity contribution in [2.75, 3.05) is 38.3 Å². The molecule has 0 aliphatic carbocycles. The number of ether oxygens (including phenoxy) is 1. The van der Waals surface area contributed by atoms with Crippen LogP contribution in [0.5, 0.6) is 0 Å². The van der Waals surface area contributed by atoms with E-state index >= 15 is 0 Å². The summed E-state index contributed by atoms with van der Waals surface area (Å²) in [6.07, 6.45) is 7.67. The Morgan fingerprint density at radius 3 is 2.85 bits per heavy atom. The first-order valence-corrected chi connectivity index (χ1v) is 9.57. The Labute approximate surface area is 161 Å². The van der Waals surface area contributed by atoms with E-state index in [1.807, 2.05) is 36.9 Å². The van der Waals surface area contributed by atoms with Crippen LogP contribution in [0, 0.1) is 5.92 Å². The molecule has 146 valence electrons. The van der Waals surface area contributed by atoms with Gasteiger partial charge in [-0.25, -0.2) is 9.97 Å². The molecule has 7 nitrogen and oxygen atoms in total. The van der Waals surface area contributed by atoms with Crippen molar-refractivity contribution in [3.05, 3.63) is 42.1 Å². The smallest absolute Gasteiger partial charge is 0.255 e. The second kappa shape index (κ2) is 8.99. The fraction of sp³-hybridized carbons (Fsp3) is 0.550. The summed E-state index contributed by atoms with van der Waals surface area (Å²) >= 11 is 0. The minimum absolute atomic E-state index is 0.0181. The number of hydrogen-bond acceptors (Lipinski definition) is 5. The topological polar surface area (TPSA) is 63.5 Å². The summed E-state index contributed by atoms with van der Waals surface area (Å²) in [4.78, 5) is 25.8. The lowest BCUT2D eigenvalue weighted by Gasteiger charge is -2.33. The lowest BCUT2D eigenvalue weighted by atomic mass is 9.99.